The summed E-state index contributed by atoms with van der Waals surface area (Å²) in [7, 11) is 0. The number of thioether (sulfide) groups is 1. The molecule has 1 heteroatoms. The first-order valence-corrected chi connectivity index (χ1v) is 13.9. The Morgan fingerprint density at radius 2 is 1.72 bits per heavy atom. The number of fused-ring (bicyclic) bond motifs is 1. The summed E-state index contributed by atoms with van der Waals surface area (Å²) >= 11 is 2.00. The Hall–Kier alpha value is 0.0900. The average molecular weight is 421 g/mol. The van der Waals surface area contributed by atoms with Gasteiger partial charge in [-0.15, -0.1) is 11.8 Å². The summed E-state index contributed by atoms with van der Waals surface area (Å²) in [6.45, 7) is 21.6. The molecule has 0 saturated heterocycles. The smallest absolute Gasteiger partial charge is 0.00651 e. The van der Waals surface area contributed by atoms with E-state index < -0.39 is 0 Å². The van der Waals surface area contributed by atoms with Gasteiger partial charge in [0.05, 0.1) is 0 Å². The number of hydrogen-bond acceptors (Lipinski definition) is 1. The van der Waals surface area contributed by atoms with Gasteiger partial charge in [-0.1, -0.05) is 86.6 Å². The molecular formula is C28H52S. The second kappa shape index (κ2) is 11.6. The van der Waals surface area contributed by atoms with E-state index in [0.717, 1.165) is 35.5 Å². The Morgan fingerprint density at radius 3 is 2.38 bits per heavy atom. The highest BCUT2D eigenvalue weighted by Crippen LogP contribution is 2.61. The minimum Gasteiger partial charge on any atom is -0.128 e. The molecule has 8 unspecified atom stereocenters. The summed E-state index contributed by atoms with van der Waals surface area (Å²) < 4.78 is 0. The lowest BCUT2D eigenvalue weighted by atomic mass is 9.58. The summed E-state index contributed by atoms with van der Waals surface area (Å²) in [4.78, 5) is 1.28. The van der Waals surface area contributed by atoms with E-state index in [4.69, 9.17) is 0 Å². The molecule has 0 aromatic heterocycles. The summed E-state index contributed by atoms with van der Waals surface area (Å²) in [5.41, 5.74) is 0.550. The lowest BCUT2D eigenvalue weighted by molar-refractivity contribution is 0.0133. The van der Waals surface area contributed by atoms with Crippen LogP contribution in [0.5, 0.6) is 0 Å². The molecule has 0 nitrogen and oxygen atoms in total. The van der Waals surface area contributed by atoms with Gasteiger partial charge >= 0.3 is 0 Å². The molecule has 0 radical (unpaired) electrons. The lowest BCUT2D eigenvalue weighted by Gasteiger charge is -2.47. The topological polar surface area (TPSA) is 0 Å². The molecule has 0 heterocycles. The highest BCUT2D eigenvalue weighted by Gasteiger charge is 2.53. The summed E-state index contributed by atoms with van der Waals surface area (Å²) in [6.07, 6.45) is 16.0. The van der Waals surface area contributed by atoms with Crippen molar-refractivity contribution < 1.29 is 0 Å². The van der Waals surface area contributed by atoms with Gasteiger partial charge in [-0.25, -0.2) is 0 Å². The molecule has 0 bridgehead atoms. The van der Waals surface area contributed by atoms with Crippen LogP contribution >= 0.6 is 11.8 Å². The molecule has 0 aromatic carbocycles. The molecule has 2 aliphatic rings. The maximum absolute atomic E-state index is 4.14. The van der Waals surface area contributed by atoms with Gasteiger partial charge in [-0.2, -0.15) is 0 Å². The zero-order valence-corrected chi connectivity index (χ0v) is 21.8. The van der Waals surface area contributed by atoms with Crippen LogP contribution in [-0.2, 0) is 0 Å². The average Bonchev–Trinajstić information content (AvgIpc) is 3.00. The maximum atomic E-state index is 4.14. The first-order valence-electron chi connectivity index (χ1n) is 13.0. The molecule has 2 aliphatic carbocycles. The van der Waals surface area contributed by atoms with Crippen LogP contribution in [-0.4, -0.2) is 5.25 Å². The molecule has 0 aromatic rings. The Labute approximate surface area is 188 Å². The molecule has 0 aliphatic heterocycles. The van der Waals surface area contributed by atoms with Gasteiger partial charge in [0.1, 0.15) is 0 Å². The van der Waals surface area contributed by atoms with Crippen molar-refractivity contribution in [1.29, 1.82) is 0 Å². The Balaban J connectivity index is 2.22. The SMILES string of the molecule is C=C(C)SC(C)CC(C)C1CCC2C(CCCCC)CCC(C)CCC(C)C12C. The quantitative estimate of drug-likeness (QED) is 0.334. The van der Waals surface area contributed by atoms with E-state index in [1.807, 2.05) is 11.8 Å². The van der Waals surface area contributed by atoms with E-state index in [0.29, 0.717) is 10.7 Å². The Bertz CT molecular complexity index is 497. The van der Waals surface area contributed by atoms with Gasteiger partial charge in [0.25, 0.3) is 0 Å². The number of hydrogen-bond donors (Lipinski definition) is 0. The molecule has 0 spiro atoms. The fraction of sp³-hybridized carbons (Fsp3) is 0.929. The van der Waals surface area contributed by atoms with Crippen LogP contribution < -0.4 is 0 Å². The summed E-state index contributed by atoms with van der Waals surface area (Å²) in [5.74, 6) is 5.50. The van der Waals surface area contributed by atoms with E-state index in [1.165, 1.54) is 75.5 Å². The van der Waals surface area contributed by atoms with E-state index in [2.05, 4.69) is 55.0 Å². The second-order valence-electron chi connectivity index (χ2n) is 11.4. The third-order valence-electron chi connectivity index (χ3n) is 9.11. The minimum absolute atomic E-state index is 0.550. The lowest BCUT2D eigenvalue weighted by Crippen LogP contribution is -2.41. The van der Waals surface area contributed by atoms with Crippen LogP contribution in [0.4, 0.5) is 0 Å². The van der Waals surface area contributed by atoms with Crippen molar-refractivity contribution in [3.8, 4) is 0 Å². The van der Waals surface area contributed by atoms with Crippen molar-refractivity contribution in [3.63, 3.8) is 0 Å². The minimum atomic E-state index is 0.550. The van der Waals surface area contributed by atoms with E-state index in [9.17, 15) is 0 Å². The third kappa shape index (κ3) is 6.54. The monoisotopic (exact) mass is 420 g/mol. The molecule has 8 atom stereocenters. The predicted molar refractivity (Wildman–Crippen MR) is 134 cm³/mol. The first-order chi connectivity index (χ1) is 13.7. The van der Waals surface area contributed by atoms with Crippen LogP contribution in [0.25, 0.3) is 0 Å². The number of unbranched alkanes of at least 4 members (excludes halogenated alkanes) is 2. The Kier molecular flexibility index (Phi) is 10.2. The molecule has 2 saturated carbocycles. The van der Waals surface area contributed by atoms with Crippen LogP contribution in [0, 0.1) is 40.9 Å². The van der Waals surface area contributed by atoms with Gasteiger partial charge < -0.3 is 0 Å². The molecule has 2 fully saturated rings. The van der Waals surface area contributed by atoms with Crippen LogP contribution in [0.1, 0.15) is 119 Å². The van der Waals surface area contributed by atoms with Crippen molar-refractivity contribution in [2.75, 3.05) is 0 Å². The van der Waals surface area contributed by atoms with Crippen LogP contribution in [0.15, 0.2) is 11.5 Å². The van der Waals surface area contributed by atoms with Crippen LogP contribution in [0.2, 0.25) is 0 Å². The zero-order chi connectivity index (χ0) is 21.6. The normalized spacial score (nSPS) is 37.8. The highest BCUT2D eigenvalue weighted by atomic mass is 32.2. The summed E-state index contributed by atoms with van der Waals surface area (Å²) in [6, 6.07) is 0. The zero-order valence-electron chi connectivity index (χ0n) is 20.9. The predicted octanol–water partition coefficient (Wildman–Crippen LogP) is 9.74. The highest BCUT2D eigenvalue weighted by molar-refractivity contribution is 8.03. The van der Waals surface area contributed by atoms with Gasteiger partial charge in [-0.05, 0) is 84.9 Å². The molecule has 2 rings (SSSR count). The van der Waals surface area contributed by atoms with Gasteiger partial charge in [0.15, 0.2) is 0 Å². The van der Waals surface area contributed by atoms with Crippen molar-refractivity contribution in [1.82, 2.24) is 0 Å². The number of allylic oxidation sites excluding steroid dienone is 1. The van der Waals surface area contributed by atoms with Crippen molar-refractivity contribution in [3.05, 3.63) is 11.5 Å². The Morgan fingerprint density at radius 1 is 1.03 bits per heavy atom. The largest absolute Gasteiger partial charge is 0.128 e. The van der Waals surface area contributed by atoms with Gasteiger partial charge in [0.2, 0.25) is 0 Å². The van der Waals surface area contributed by atoms with Crippen LogP contribution in [0.3, 0.4) is 0 Å². The van der Waals surface area contributed by atoms with Crippen molar-refractivity contribution in [2.24, 2.45) is 40.9 Å². The molecule has 0 amide bonds. The maximum Gasteiger partial charge on any atom is 0.00651 e. The molecule has 170 valence electrons. The van der Waals surface area contributed by atoms with Gasteiger partial charge in [0, 0.05) is 5.25 Å². The van der Waals surface area contributed by atoms with E-state index in [-0.39, 0.29) is 0 Å². The standard InChI is InChI=1S/C28H52S/c1-9-10-11-12-25-16-14-21(4)13-15-23(6)28(8)26(17-18-27(25)28)22(5)19-24(7)29-20(2)3/h21-27H,2,9-19H2,1,3-8H3. The van der Waals surface area contributed by atoms with Crippen molar-refractivity contribution in [2.45, 2.75) is 124 Å². The fourth-order valence-electron chi connectivity index (χ4n) is 7.40. The van der Waals surface area contributed by atoms with E-state index >= 15 is 0 Å². The van der Waals surface area contributed by atoms with E-state index in [1.54, 1.807) is 0 Å². The summed E-state index contributed by atoms with van der Waals surface area (Å²) in [5, 5.41) is 0.706. The number of rotatable bonds is 9. The van der Waals surface area contributed by atoms with Gasteiger partial charge in [-0.3, -0.25) is 0 Å². The molecular weight excluding hydrogens is 368 g/mol. The third-order valence-corrected chi connectivity index (χ3v) is 10.1. The van der Waals surface area contributed by atoms with Crippen molar-refractivity contribution >= 4 is 11.8 Å². The second-order valence-corrected chi connectivity index (χ2v) is 13.2. The molecule has 0 N–H and O–H groups in total. The first kappa shape index (κ1) is 25.4. The molecule has 29 heavy (non-hydrogen) atoms. The fourth-order valence-corrected chi connectivity index (χ4v) is 8.49.